The van der Waals surface area contributed by atoms with Crippen molar-refractivity contribution in [1.29, 1.82) is 0 Å². The van der Waals surface area contributed by atoms with Crippen LogP contribution in [0.2, 0.25) is 0 Å². The number of nitrogens with one attached hydrogen (secondary N) is 2. The Labute approximate surface area is 98.4 Å². The molecule has 1 heterocycles. The van der Waals surface area contributed by atoms with E-state index in [1.807, 2.05) is 0 Å². The normalized spacial score (nSPS) is 19.7. The zero-order valence-electron chi connectivity index (χ0n) is 8.77. The molecule has 0 radical (unpaired) electrons. The standard InChI is InChI=1S/C11H14N2O2S/c14-5-8-1-3-9(4-2-8)13-11(15)10-6-16-7-12-10/h1-4,10,12,14H,5-7H2,(H,13,15). The molecule has 0 saturated carbocycles. The van der Waals surface area contributed by atoms with Crippen molar-refractivity contribution in [2.24, 2.45) is 0 Å². The van der Waals surface area contributed by atoms with Crippen LogP contribution in [0.15, 0.2) is 24.3 Å². The van der Waals surface area contributed by atoms with Gasteiger partial charge in [0.05, 0.1) is 12.6 Å². The molecule has 1 unspecified atom stereocenters. The van der Waals surface area contributed by atoms with Gasteiger partial charge in [-0.15, -0.1) is 11.8 Å². The Balaban J connectivity index is 1.94. The van der Waals surface area contributed by atoms with Crippen LogP contribution in [0.3, 0.4) is 0 Å². The first-order valence-corrected chi connectivity index (χ1v) is 6.27. The summed E-state index contributed by atoms with van der Waals surface area (Å²) in [5.74, 6) is 1.66. The van der Waals surface area contributed by atoms with E-state index in [2.05, 4.69) is 10.6 Å². The number of aliphatic hydroxyl groups is 1. The SMILES string of the molecule is O=C(Nc1ccc(CO)cc1)C1CSCN1. The summed E-state index contributed by atoms with van der Waals surface area (Å²) in [7, 11) is 0. The Morgan fingerprint density at radius 1 is 1.50 bits per heavy atom. The first-order chi connectivity index (χ1) is 7.79. The van der Waals surface area contributed by atoms with E-state index in [9.17, 15) is 4.79 Å². The topological polar surface area (TPSA) is 61.4 Å². The molecular weight excluding hydrogens is 224 g/mol. The number of anilines is 1. The van der Waals surface area contributed by atoms with Crippen LogP contribution in [-0.4, -0.2) is 28.7 Å². The largest absolute Gasteiger partial charge is 0.392 e. The van der Waals surface area contributed by atoms with E-state index in [4.69, 9.17) is 5.11 Å². The van der Waals surface area contributed by atoms with Crippen molar-refractivity contribution in [2.75, 3.05) is 16.9 Å². The summed E-state index contributed by atoms with van der Waals surface area (Å²) in [6, 6.07) is 7.10. The Morgan fingerprint density at radius 3 is 2.81 bits per heavy atom. The molecular formula is C11H14N2O2S. The van der Waals surface area contributed by atoms with E-state index in [0.717, 1.165) is 22.9 Å². The van der Waals surface area contributed by atoms with Crippen LogP contribution in [0.25, 0.3) is 0 Å². The minimum absolute atomic E-state index is 0.00162. The summed E-state index contributed by atoms with van der Waals surface area (Å²) < 4.78 is 0. The molecule has 1 aromatic rings. The minimum atomic E-state index is -0.0949. The van der Waals surface area contributed by atoms with Crippen LogP contribution in [0.1, 0.15) is 5.56 Å². The fourth-order valence-corrected chi connectivity index (χ4v) is 2.43. The predicted molar refractivity (Wildman–Crippen MR) is 65.2 cm³/mol. The molecule has 5 heteroatoms. The molecule has 86 valence electrons. The zero-order chi connectivity index (χ0) is 11.4. The van der Waals surface area contributed by atoms with Crippen molar-refractivity contribution in [3.63, 3.8) is 0 Å². The lowest BCUT2D eigenvalue weighted by Crippen LogP contribution is -2.37. The van der Waals surface area contributed by atoms with Crippen molar-refractivity contribution in [3.8, 4) is 0 Å². The lowest BCUT2D eigenvalue weighted by Gasteiger charge is -2.10. The van der Waals surface area contributed by atoms with Crippen LogP contribution >= 0.6 is 11.8 Å². The number of hydrogen-bond donors (Lipinski definition) is 3. The van der Waals surface area contributed by atoms with Gasteiger partial charge >= 0.3 is 0 Å². The highest BCUT2D eigenvalue weighted by Gasteiger charge is 2.22. The second-order valence-electron chi connectivity index (χ2n) is 3.62. The number of benzene rings is 1. The summed E-state index contributed by atoms with van der Waals surface area (Å²) in [6.45, 7) is 0.0229. The predicted octanol–water partition coefficient (Wildman–Crippen LogP) is 0.780. The van der Waals surface area contributed by atoms with E-state index in [1.54, 1.807) is 36.0 Å². The quantitative estimate of drug-likeness (QED) is 0.728. The van der Waals surface area contributed by atoms with Gasteiger partial charge in [0.15, 0.2) is 0 Å². The summed E-state index contributed by atoms with van der Waals surface area (Å²) in [5, 5.41) is 14.8. The number of thioether (sulfide) groups is 1. The van der Waals surface area contributed by atoms with Gasteiger partial charge in [-0.3, -0.25) is 10.1 Å². The van der Waals surface area contributed by atoms with E-state index in [1.165, 1.54) is 0 Å². The van der Waals surface area contributed by atoms with Gasteiger partial charge in [0.2, 0.25) is 5.91 Å². The Kier molecular flexibility index (Phi) is 3.82. The highest BCUT2D eigenvalue weighted by molar-refractivity contribution is 7.99. The summed E-state index contributed by atoms with van der Waals surface area (Å²) in [5.41, 5.74) is 1.61. The molecule has 0 spiro atoms. The molecule has 0 aromatic heterocycles. The fourth-order valence-electron chi connectivity index (χ4n) is 1.49. The van der Waals surface area contributed by atoms with Crippen molar-refractivity contribution in [1.82, 2.24) is 5.32 Å². The second kappa shape index (κ2) is 5.34. The van der Waals surface area contributed by atoms with E-state index in [0.29, 0.717) is 0 Å². The van der Waals surface area contributed by atoms with Crippen molar-refractivity contribution >= 4 is 23.4 Å². The molecule has 0 bridgehead atoms. The molecule has 1 aliphatic rings. The zero-order valence-corrected chi connectivity index (χ0v) is 9.59. The number of hydrogen-bond acceptors (Lipinski definition) is 4. The lowest BCUT2D eigenvalue weighted by atomic mass is 10.2. The molecule has 1 atom stereocenters. The molecule has 1 aromatic carbocycles. The minimum Gasteiger partial charge on any atom is -0.392 e. The molecule has 1 fully saturated rings. The van der Waals surface area contributed by atoms with Gasteiger partial charge in [-0.25, -0.2) is 0 Å². The number of rotatable bonds is 3. The summed E-state index contributed by atoms with van der Waals surface area (Å²) in [4.78, 5) is 11.7. The van der Waals surface area contributed by atoms with E-state index < -0.39 is 0 Å². The van der Waals surface area contributed by atoms with Crippen molar-refractivity contribution in [3.05, 3.63) is 29.8 Å². The van der Waals surface area contributed by atoms with Crippen LogP contribution < -0.4 is 10.6 Å². The highest BCUT2D eigenvalue weighted by Crippen LogP contribution is 2.13. The van der Waals surface area contributed by atoms with Gasteiger partial charge in [-0.05, 0) is 17.7 Å². The van der Waals surface area contributed by atoms with Gasteiger partial charge in [-0.1, -0.05) is 12.1 Å². The Hall–Kier alpha value is -1.04. The number of aliphatic hydroxyl groups excluding tert-OH is 1. The third-order valence-corrected chi connectivity index (χ3v) is 3.38. The van der Waals surface area contributed by atoms with E-state index in [-0.39, 0.29) is 18.6 Å². The van der Waals surface area contributed by atoms with Crippen molar-refractivity contribution in [2.45, 2.75) is 12.6 Å². The molecule has 1 amide bonds. The van der Waals surface area contributed by atoms with Gasteiger partial charge < -0.3 is 10.4 Å². The van der Waals surface area contributed by atoms with Crippen molar-refractivity contribution < 1.29 is 9.90 Å². The molecule has 3 N–H and O–H groups in total. The smallest absolute Gasteiger partial charge is 0.242 e. The first kappa shape index (κ1) is 11.4. The fraction of sp³-hybridized carbons (Fsp3) is 0.364. The number of carbonyl (C=O) groups is 1. The third kappa shape index (κ3) is 2.75. The molecule has 1 aliphatic heterocycles. The van der Waals surface area contributed by atoms with Crippen LogP contribution in [0.5, 0.6) is 0 Å². The first-order valence-electron chi connectivity index (χ1n) is 5.11. The van der Waals surface area contributed by atoms with E-state index >= 15 is 0 Å². The number of amides is 1. The lowest BCUT2D eigenvalue weighted by molar-refractivity contribution is -0.117. The van der Waals surface area contributed by atoms with Crippen LogP contribution in [0.4, 0.5) is 5.69 Å². The summed E-state index contributed by atoms with van der Waals surface area (Å²) >= 11 is 1.72. The Morgan fingerprint density at radius 2 is 2.25 bits per heavy atom. The molecule has 4 nitrogen and oxygen atoms in total. The van der Waals surface area contributed by atoms with Gasteiger partial charge in [-0.2, -0.15) is 0 Å². The summed E-state index contributed by atoms with van der Waals surface area (Å²) in [6.07, 6.45) is 0. The average molecular weight is 238 g/mol. The van der Waals surface area contributed by atoms with Gasteiger partial charge in [0.25, 0.3) is 0 Å². The van der Waals surface area contributed by atoms with Gasteiger partial charge in [0, 0.05) is 17.3 Å². The monoisotopic (exact) mass is 238 g/mol. The highest BCUT2D eigenvalue weighted by atomic mass is 32.2. The van der Waals surface area contributed by atoms with Crippen LogP contribution in [0, 0.1) is 0 Å². The Bertz CT molecular complexity index is 361. The molecule has 2 rings (SSSR count). The molecule has 1 saturated heterocycles. The average Bonchev–Trinajstić information content (AvgIpc) is 2.83. The second-order valence-corrected chi connectivity index (χ2v) is 4.65. The molecule has 16 heavy (non-hydrogen) atoms. The van der Waals surface area contributed by atoms with Gasteiger partial charge in [0.1, 0.15) is 0 Å². The maximum atomic E-state index is 11.7. The maximum Gasteiger partial charge on any atom is 0.242 e. The van der Waals surface area contributed by atoms with Crippen LogP contribution in [-0.2, 0) is 11.4 Å². The third-order valence-electron chi connectivity index (χ3n) is 2.44. The molecule has 0 aliphatic carbocycles. The maximum absolute atomic E-state index is 11.7. The number of carbonyl (C=O) groups excluding carboxylic acids is 1.